The van der Waals surface area contributed by atoms with Crippen LogP contribution in [-0.2, 0) is 11.2 Å². The Bertz CT molecular complexity index is 805. The van der Waals surface area contributed by atoms with Gasteiger partial charge < -0.3 is 39.8 Å². The van der Waals surface area contributed by atoms with Crippen molar-refractivity contribution in [3.63, 3.8) is 0 Å². The molecule has 2 heterocycles. The number of fused-ring (bicyclic) bond motifs is 1. The second kappa shape index (κ2) is 7.98. The first-order valence-electron chi connectivity index (χ1n) is 9.75. The standard InChI is InChI=1S/C20H28N2O6/c1-22(12-2-3-12)7-6-11-9-21-15-5-4-13(8-14(11)15)27-20-19(26)18(25)17(24)16(10-23)28-20/h4-5,8-9,12,16-21,23-26H,2-3,6-7,10H2,1H3. The molecular formula is C20H28N2O6. The molecular weight excluding hydrogens is 364 g/mol. The lowest BCUT2D eigenvalue weighted by atomic mass is 9.99. The van der Waals surface area contributed by atoms with Gasteiger partial charge in [0, 0.05) is 29.7 Å². The summed E-state index contributed by atoms with van der Waals surface area (Å²) in [6.07, 6.45) is -0.985. The molecule has 1 aliphatic carbocycles. The third kappa shape index (κ3) is 3.89. The lowest BCUT2D eigenvalue weighted by molar-refractivity contribution is -0.277. The number of aliphatic hydroxyl groups excluding tert-OH is 4. The molecule has 0 bridgehead atoms. The number of likely N-dealkylation sites (N-methyl/N-ethyl adjacent to an activating group) is 1. The highest BCUT2D eigenvalue weighted by molar-refractivity contribution is 5.84. The molecule has 8 nitrogen and oxygen atoms in total. The monoisotopic (exact) mass is 392 g/mol. The van der Waals surface area contributed by atoms with Crippen LogP contribution < -0.4 is 4.74 Å². The third-order valence-corrected chi connectivity index (χ3v) is 5.74. The number of benzene rings is 1. The predicted octanol–water partition coefficient (Wildman–Crippen LogP) is -0.0167. The van der Waals surface area contributed by atoms with Crippen LogP contribution in [0.25, 0.3) is 10.9 Å². The minimum absolute atomic E-state index is 0.480. The summed E-state index contributed by atoms with van der Waals surface area (Å²) in [6.45, 7) is 0.496. The average molecular weight is 392 g/mol. The topological polar surface area (TPSA) is 118 Å². The van der Waals surface area contributed by atoms with E-state index in [4.69, 9.17) is 9.47 Å². The van der Waals surface area contributed by atoms with Crippen LogP contribution in [0.4, 0.5) is 0 Å². The summed E-state index contributed by atoms with van der Waals surface area (Å²) < 4.78 is 11.2. The van der Waals surface area contributed by atoms with E-state index < -0.39 is 37.3 Å². The van der Waals surface area contributed by atoms with Crippen LogP contribution in [0, 0.1) is 0 Å². The highest BCUT2D eigenvalue weighted by Gasteiger charge is 2.44. The highest BCUT2D eigenvalue weighted by Crippen LogP contribution is 2.29. The third-order valence-electron chi connectivity index (χ3n) is 5.74. The van der Waals surface area contributed by atoms with Crippen molar-refractivity contribution in [2.45, 2.75) is 56.0 Å². The van der Waals surface area contributed by atoms with Crippen molar-refractivity contribution >= 4 is 10.9 Å². The zero-order chi connectivity index (χ0) is 19.8. The fourth-order valence-corrected chi connectivity index (χ4v) is 3.73. The summed E-state index contributed by atoms with van der Waals surface area (Å²) in [5, 5.41) is 40.3. The molecule has 1 saturated carbocycles. The maximum atomic E-state index is 10.2. The lowest BCUT2D eigenvalue weighted by Gasteiger charge is -2.39. The Morgan fingerprint density at radius 3 is 2.68 bits per heavy atom. The second-order valence-corrected chi connectivity index (χ2v) is 7.80. The van der Waals surface area contributed by atoms with Gasteiger partial charge in [0.25, 0.3) is 0 Å². The molecule has 1 aromatic heterocycles. The maximum Gasteiger partial charge on any atom is 0.229 e. The fraction of sp³-hybridized carbons (Fsp3) is 0.600. The number of aromatic amines is 1. The molecule has 0 spiro atoms. The molecule has 154 valence electrons. The highest BCUT2D eigenvalue weighted by atomic mass is 16.7. The van der Waals surface area contributed by atoms with E-state index in [1.807, 2.05) is 18.3 Å². The van der Waals surface area contributed by atoms with Gasteiger partial charge in [0.2, 0.25) is 6.29 Å². The van der Waals surface area contributed by atoms with Gasteiger partial charge in [-0.2, -0.15) is 0 Å². The largest absolute Gasteiger partial charge is 0.462 e. The van der Waals surface area contributed by atoms with Crippen molar-refractivity contribution in [3.8, 4) is 5.75 Å². The summed E-state index contributed by atoms with van der Waals surface area (Å²) in [7, 11) is 2.15. The molecule has 28 heavy (non-hydrogen) atoms. The summed E-state index contributed by atoms with van der Waals surface area (Å²) >= 11 is 0. The van der Waals surface area contributed by atoms with Crippen LogP contribution in [0.2, 0.25) is 0 Å². The Balaban J connectivity index is 1.48. The van der Waals surface area contributed by atoms with Crippen molar-refractivity contribution in [3.05, 3.63) is 30.0 Å². The molecule has 8 heteroatoms. The number of hydrogen-bond acceptors (Lipinski definition) is 7. The van der Waals surface area contributed by atoms with E-state index in [2.05, 4.69) is 16.9 Å². The van der Waals surface area contributed by atoms with Crippen LogP contribution in [0.5, 0.6) is 5.75 Å². The Labute approximate surface area is 163 Å². The Morgan fingerprint density at radius 1 is 1.18 bits per heavy atom. The first kappa shape index (κ1) is 19.6. The summed E-state index contributed by atoms with van der Waals surface area (Å²) in [5.41, 5.74) is 2.17. The number of hydrogen-bond donors (Lipinski definition) is 5. The van der Waals surface area contributed by atoms with Gasteiger partial charge in [0.1, 0.15) is 30.2 Å². The Hall–Kier alpha value is -1.68. The first-order chi connectivity index (χ1) is 13.5. The molecule has 1 aliphatic heterocycles. The van der Waals surface area contributed by atoms with Crippen molar-refractivity contribution in [1.82, 2.24) is 9.88 Å². The molecule has 2 aromatic rings. The van der Waals surface area contributed by atoms with Crippen LogP contribution in [0.3, 0.4) is 0 Å². The van der Waals surface area contributed by atoms with Gasteiger partial charge in [-0.05, 0) is 50.1 Å². The SMILES string of the molecule is CN(CCc1c[nH]c2ccc(OC3OC(CO)C(O)C(O)C3O)cc12)C1CC1. The number of nitrogens with one attached hydrogen (secondary N) is 1. The minimum atomic E-state index is -1.46. The van der Waals surface area contributed by atoms with Crippen molar-refractivity contribution < 1.29 is 29.9 Å². The number of ether oxygens (including phenoxy) is 2. The van der Waals surface area contributed by atoms with Gasteiger partial charge in [-0.15, -0.1) is 0 Å². The number of rotatable bonds is 7. The number of aromatic nitrogens is 1. The summed E-state index contributed by atoms with van der Waals surface area (Å²) in [6, 6.07) is 6.23. The van der Waals surface area contributed by atoms with E-state index in [9.17, 15) is 20.4 Å². The van der Waals surface area contributed by atoms with Gasteiger partial charge in [-0.3, -0.25) is 0 Å². The lowest BCUT2D eigenvalue weighted by Crippen LogP contribution is -2.60. The zero-order valence-corrected chi connectivity index (χ0v) is 15.9. The van der Waals surface area contributed by atoms with Crippen molar-refractivity contribution in [2.75, 3.05) is 20.2 Å². The second-order valence-electron chi connectivity index (χ2n) is 7.80. The van der Waals surface area contributed by atoms with Crippen LogP contribution in [0.15, 0.2) is 24.4 Å². The van der Waals surface area contributed by atoms with E-state index in [0.29, 0.717) is 5.75 Å². The van der Waals surface area contributed by atoms with Crippen molar-refractivity contribution in [2.24, 2.45) is 0 Å². The summed E-state index contributed by atoms with van der Waals surface area (Å²) in [5.74, 6) is 0.480. The maximum absolute atomic E-state index is 10.2. The van der Waals surface area contributed by atoms with Crippen LogP contribution in [-0.4, -0.2) is 87.3 Å². The van der Waals surface area contributed by atoms with Crippen LogP contribution in [0.1, 0.15) is 18.4 Å². The molecule has 0 radical (unpaired) electrons. The van der Waals surface area contributed by atoms with Crippen LogP contribution >= 0.6 is 0 Å². The minimum Gasteiger partial charge on any atom is -0.462 e. The smallest absolute Gasteiger partial charge is 0.229 e. The van der Waals surface area contributed by atoms with Crippen molar-refractivity contribution in [1.29, 1.82) is 0 Å². The molecule has 2 fully saturated rings. The quantitative estimate of drug-likeness (QED) is 0.449. The van der Waals surface area contributed by atoms with Gasteiger partial charge in [-0.25, -0.2) is 0 Å². The molecule has 0 amide bonds. The Morgan fingerprint density at radius 2 is 1.96 bits per heavy atom. The van der Waals surface area contributed by atoms with Gasteiger partial charge >= 0.3 is 0 Å². The zero-order valence-electron chi connectivity index (χ0n) is 15.9. The summed E-state index contributed by atoms with van der Waals surface area (Å²) in [4.78, 5) is 5.65. The molecule has 5 unspecified atom stereocenters. The van der Waals surface area contributed by atoms with E-state index >= 15 is 0 Å². The average Bonchev–Trinajstić information content (AvgIpc) is 3.48. The number of nitrogens with zero attached hydrogens (tertiary/aromatic N) is 1. The molecule has 5 N–H and O–H groups in total. The van der Waals surface area contributed by atoms with E-state index in [1.54, 1.807) is 6.07 Å². The van der Waals surface area contributed by atoms with Gasteiger partial charge in [0.15, 0.2) is 0 Å². The molecule has 5 atom stereocenters. The number of aliphatic hydroxyl groups is 4. The fourth-order valence-electron chi connectivity index (χ4n) is 3.73. The predicted molar refractivity (Wildman–Crippen MR) is 102 cm³/mol. The Kier molecular flexibility index (Phi) is 5.59. The van der Waals surface area contributed by atoms with E-state index in [1.165, 1.54) is 18.4 Å². The molecule has 1 aromatic carbocycles. The van der Waals surface area contributed by atoms with E-state index in [-0.39, 0.29) is 0 Å². The molecule has 2 aliphatic rings. The van der Waals surface area contributed by atoms with E-state index in [0.717, 1.165) is 29.9 Å². The molecule has 1 saturated heterocycles. The van der Waals surface area contributed by atoms with Gasteiger partial charge in [0.05, 0.1) is 6.61 Å². The number of H-pyrrole nitrogens is 1. The normalized spacial score (nSPS) is 30.9. The van der Waals surface area contributed by atoms with Gasteiger partial charge in [-0.1, -0.05) is 0 Å². The molecule has 4 rings (SSSR count). The first-order valence-corrected chi connectivity index (χ1v) is 9.75.